The van der Waals surface area contributed by atoms with Crippen LogP contribution in [0.4, 0.5) is 0 Å². The van der Waals surface area contributed by atoms with Gasteiger partial charge in [-0.25, -0.2) is 0 Å². The molecule has 2 rings (SSSR count). The monoisotopic (exact) mass is 248 g/mol. The summed E-state index contributed by atoms with van der Waals surface area (Å²) < 4.78 is 5.71. The van der Waals surface area contributed by atoms with E-state index in [0.29, 0.717) is 16.5 Å². The van der Waals surface area contributed by atoms with Crippen LogP contribution in [0.2, 0.25) is 5.02 Å². The van der Waals surface area contributed by atoms with E-state index in [1.165, 1.54) is 0 Å². The standard InChI is InChI=1S/C14H13ClO2/c1-10(16)13-7-2-3-8-14(13)17-12-6-4-5-11(15)9-12/h2-10,16H,1H3/t10-/m1/s1. The highest BCUT2D eigenvalue weighted by Crippen LogP contribution is 2.30. The third-order valence-electron chi connectivity index (χ3n) is 2.39. The first-order valence-electron chi connectivity index (χ1n) is 5.37. The summed E-state index contributed by atoms with van der Waals surface area (Å²) in [5.74, 6) is 1.30. The summed E-state index contributed by atoms with van der Waals surface area (Å²) in [5, 5.41) is 10.3. The van der Waals surface area contributed by atoms with Crippen LogP contribution in [0.5, 0.6) is 11.5 Å². The molecule has 17 heavy (non-hydrogen) atoms. The van der Waals surface area contributed by atoms with Crippen molar-refractivity contribution in [3.63, 3.8) is 0 Å². The fourth-order valence-electron chi connectivity index (χ4n) is 1.58. The molecule has 0 radical (unpaired) electrons. The van der Waals surface area contributed by atoms with Crippen molar-refractivity contribution in [1.82, 2.24) is 0 Å². The Labute approximate surface area is 105 Å². The summed E-state index contributed by atoms with van der Waals surface area (Å²) in [5.41, 5.74) is 0.757. The van der Waals surface area contributed by atoms with E-state index < -0.39 is 6.10 Å². The Morgan fingerprint density at radius 1 is 1.12 bits per heavy atom. The first kappa shape index (κ1) is 12.0. The highest BCUT2D eigenvalue weighted by molar-refractivity contribution is 6.30. The van der Waals surface area contributed by atoms with E-state index >= 15 is 0 Å². The van der Waals surface area contributed by atoms with Gasteiger partial charge in [0, 0.05) is 10.6 Å². The maximum absolute atomic E-state index is 9.63. The summed E-state index contributed by atoms with van der Waals surface area (Å²) >= 11 is 5.88. The summed E-state index contributed by atoms with van der Waals surface area (Å²) in [6, 6.07) is 14.6. The lowest BCUT2D eigenvalue weighted by Crippen LogP contribution is -1.95. The van der Waals surface area contributed by atoms with Crippen LogP contribution in [0.15, 0.2) is 48.5 Å². The predicted molar refractivity (Wildman–Crippen MR) is 68.6 cm³/mol. The Balaban J connectivity index is 2.30. The van der Waals surface area contributed by atoms with Gasteiger partial charge >= 0.3 is 0 Å². The van der Waals surface area contributed by atoms with Crippen molar-refractivity contribution in [2.45, 2.75) is 13.0 Å². The van der Waals surface area contributed by atoms with E-state index in [1.54, 1.807) is 19.1 Å². The quantitative estimate of drug-likeness (QED) is 0.883. The number of hydrogen-bond donors (Lipinski definition) is 1. The summed E-state index contributed by atoms with van der Waals surface area (Å²) in [6.07, 6.45) is -0.564. The number of benzene rings is 2. The van der Waals surface area contributed by atoms with Gasteiger partial charge in [0.1, 0.15) is 11.5 Å². The minimum absolute atomic E-state index is 0.564. The molecule has 0 aromatic heterocycles. The van der Waals surface area contributed by atoms with Crippen molar-refractivity contribution in [2.24, 2.45) is 0 Å². The summed E-state index contributed by atoms with van der Waals surface area (Å²) in [6.45, 7) is 1.71. The molecule has 0 heterocycles. The topological polar surface area (TPSA) is 29.5 Å². The average molecular weight is 249 g/mol. The highest BCUT2D eigenvalue weighted by Gasteiger charge is 2.08. The van der Waals surface area contributed by atoms with Crippen LogP contribution >= 0.6 is 11.6 Å². The first-order chi connectivity index (χ1) is 8.16. The van der Waals surface area contributed by atoms with Crippen molar-refractivity contribution >= 4 is 11.6 Å². The molecular formula is C14H13ClO2. The van der Waals surface area contributed by atoms with Crippen molar-refractivity contribution in [3.05, 3.63) is 59.1 Å². The molecule has 1 N–H and O–H groups in total. The lowest BCUT2D eigenvalue weighted by molar-refractivity contribution is 0.195. The molecule has 2 aromatic carbocycles. The van der Waals surface area contributed by atoms with Crippen LogP contribution in [0.1, 0.15) is 18.6 Å². The molecule has 2 aromatic rings. The number of ether oxygens (including phenoxy) is 1. The molecule has 0 bridgehead atoms. The Morgan fingerprint density at radius 2 is 1.88 bits per heavy atom. The zero-order valence-corrected chi connectivity index (χ0v) is 10.2. The van der Waals surface area contributed by atoms with Gasteiger partial charge in [-0.3, -0.25) is 0 Å². The molecule has 0 spiro atoms. The Bertz CT molecular complexity index is 509. The van der Waals surface area contributed by atoms with Gasteiger partial charge in [0.15, 0.2) is 0 Å². The van der Waals surface area contributed by atoms with Gasteiger partial charge in [-0.05, 0) is 31.2 Å². The van der Waals surface area contributed by atoms with Crippen molar-refractivity contribution in [2.75, 3.05) is 0 Å². The Morgan fingerprint density at radius 3 is 2.59 bits per heavy atom. The van der Waals surface area contributed by atoms with E-state index in [2.05, 4.69) is 0 Å². The van der Waals surface area contributed by atoms with E-state index in [-0.39, 0.29) is 0 Å². The van der Waals surface area contributed by atoms with Gasteiger partial charge in [0.2, 0.25) is 0 Å². The second-order valence-corrected chi connectivity index (χ2v) is 4.21. The van der Waals surface area contributed by atoms with E-state index in [9.17, 15) is 5.11 Å². The van der Waals surface area contributed by atoms with Gasteiger partial charge in [-0.15, -0.1) is 0 Å². The molecule has 0 fully saturated rings. The molecule has 3 heteroatoms. The minimum Gasteiger partial charge on any atom is -0.457 e. The van der Waals surface area contributed by atoms with Crippen LogP contribution in [0, 0.1) is 0 Å². The fourth-order valence-corrected chi connectivity index (χ4v) is 1.76. The SMILES string of the molecule is C[C@@H](O)c1ccccc1Oc1cccc(Cl)c1. The summed E-state index contributed by atoms with van der Waals surface area (Å²) in [7, 11) is 0. The maximum Gasteiger partial charge on any atom is 0.133 e. The second-order valence-electron chi connectivity index (χ2n) is 3.77. The third kappa shape index (κ3) is 2.99. The van der Waals surface area contributed by atoms with Crippen molar-refractivity contribution in [3.8, 4) is 11.5 Å². The molecule has 2 nitrogen and oxygen atoms in total. The van der Waals surface area contributed by atoms with Gasteiger partial charge in [-0.1, -0.05) is 35.9 Å². The second kappa shape index (κ2) is 5.21. The molecule has 1 atom stereocenters. The number of aliphatic hydroxyl groups is 1. The smallest absolute Gasteiger partial charge is 0.133 e. The molecule has 88 valence electrons. The van der Waals surface area contributed by atoms with Crippen LogP contribution in [0.25, 0.3) is 0 Å². The third-order valence-corrected chi connectivity index (χ3v) is 2.63. The number of aliphatic hydroxyl groups excluding tert-OH is 1. The largest absolute Gasteiger partial charge is 0.457 e. The maximum atomic E-state index is 9.63. The minimum atomic E-state index is -0.564. The number of para-hydroxylation sites is 1. The zero-order valence-electron chi connectivity index (χ0n) is 9.43. The van der Waals surface area contributed by atoms with Gasteiger partial charge in [0.05, 0.1) is 6.10 Å². The van der Waals surface area contributed by atoms with Crippen LogP contribution in [0.3, 0.4) is 0 Å². The number of hydrogen-bond acceptors (Lipinski definition) is 2. The average Bonchev–Trinajstić information content (AvgIpc) is 2.29. The molecule has 0 amide bonds. The van der Waals surface area contributed by atoms with E-state index in [1.807, 2.05) is 36.4 Å². The number of halogens is 1. The van der Waals surface area contributed by atoms with E-state index in [0.717, 1.165) is 5.56 Å². The van der Waals surface area contributed by atoms with Gasteiger partial charge < -0.3 is 9.84 Å². The molecule has 0 aliphatic carbocycles. The first-order valence-corrected chi connectivity index (χ1v) is 5.75. The van der Waals surface area contributed by atoms with Gasteiger partial charge in [0.25, 0.3) is 0 Å². The van der Waals surface area contributed by atoms with Gasteiger partial charge in [-0.2, -0.15) is 0 Å². The Kier molecular flexibility index (Phi) is 3.67. The molecule has 0 aliphatic heterocycles. The molecular weight excluding hydrogens is 236 g/mol. The Hall–Kier alpha value is -1.51. The number of rotatable bonds is 3. The zero-order chi connectivity index (χ0) is 12.3. The van der Waals surface area contributed by atoms with Crippen molar-refractivity contribution in [1.29, 1.82) is 0 Å². The van der Waals surface area contributed by atoms with Crippen LogP contribution < -0.4 is 4.74 Å². The van der Waals surface area contributed by atoms with Crippen LogP contribution in [-0.4, -0.2) is 5.11 Å². The molecule has 0 saturated carbocycles. The van der Waals surface area contributed by atoms with Crippen LogP contribution in [-0.2, 0) is 0 Å². The lowest BCUT2D eigenvalue weighted by Gasteiger charge is -2.12. The predicted octanol–water partition coefficient (Wildman–Crippen LogP) is 4.19. The van der Waals surface area contributed by atoms with E-state index in [4.69, 9.17) is 16.3 Å². The highest BCUT2D eigenvalue weighted by atomic mass is 35.5. The fraction of sp³-hybridized carbons (Fsp3) is 0.143. The molecule has 0 unspecified atom stereocenters. The summed E-state index contributed by atoms with van der Waals surface area (Å²) in [4.78, 5) is 0. The molecule has 0 saturated heterocycles. The van der Waals surface area contributed by atoms with Crippen molar-refractivity contribution < 1.29 is 9.84 Å². The normalized spacial score (nSPS) is 12.2. The molecule has 0 aliphatic rings. The lowest BCUT2D eigenvalue weighted by atomic mass is 10.1.